The molecule has 1 aliphatic heterocycles. The average Bonchev–Trinajstić information content (AvgIpc) is 3.04. The van der Waals surface area contributed by atoms with Crippen LogP contribution in [0.1, 0.15) is 57.1 Å². The standard InChI is InChI=1S/C22H29NO4/c1-3-17-13-14-19(27-17)18-10-6-5-9-15-23(18)22(24)16-26-21-12-8-7-11-20(21)25-4-2/h7-8,11-14,18H,3-6,9-10,15-16H2,1-2H3. The van der Waals surface area contributed by atoms with Gasteiger partial charge in [-0.25, -0.2) is 0 Å². The molecule has 1 unspecified atom stereocenters. The number of hydrogen-bond donors (Lipinski definition) is 0. The average molecular weight is 371 g/mol. The first-order valence-corrected chi connectivity index (χ1v) is 9.95. The largest absolute Gasteiger partial charge is 0.490 e. The van der Waals surface area contributed by atoms with Crippen molar-refractivity contribution < 1.29 is 18.7 Å². The third-order valence-electron chi connectivity index (χ3n) is 4.93. The zero-order chi connectivity index (χ0) is 19.1. The quantitative estimate of drug-likeness (QED) is 0.704. The molecule has 1 aliphatic rings. The summed E-state index contributed by atoms with van der Waals surface area (Å²) in [5.74, 6) is 3.10. The van der Waals surface area contributed by atoms with Gasteiger partial charge in [0.15, 0.2) is 18.1 Å². The molecule has 1 atom stereocenters. The van der Waals surface area contributed by atoms with Crippen LogP contribution in [-0.2, 0) is 11.2 Å². The summed E-state index contributed by atoms with van der Waals surface area (Å²) in [7, 11) is 0. The zero-order valence-corrected chi connectivity index (χ0v) is 16.3. The van der Waals surface area contributed by atoms with Gasteiger partial charge >= 0.3 is 0 Å². The lowest BCUT2D eigenvalue weighted by molar-refractivity contribution is -0.136. The van der Waals surface area contributed by atoms with E-state index in [4.69, 9.17) is 13.9 Å². The van der Waals surface area contributed by atoms with Crippen molar-refractivity contribution in [3.8, 4) is 11.5 Å². The summed E-state index contributed by atoms with van der Waals surface area (Å²) < 4.78 is 17.4. The number of amides is 1. The predicted octanol–water partition coefficient (Wildman–Crippen LogP) is 4.76. The molecule has 0 radical (unpaired) electrons. The lowest BCUT2D eigenvalue weighted by Crippen LogP contribution is -2.38. The third kappa shape index (κ3) is 4.85. The fraction of sp³-hybridized carbons (Fsp3) is 0.500. The van der Waals surface area contributed by atoms with Crippen molar-refractivity contribution in [3.05, 3.63) is 47.9 Å². The van der Waals surface area contributed by atoms with Crippen LogP contribution in [-0.4, -0.2) is 30.6 Å². The Morgan fingerprint density at radius 3 is 2.56 bits per heavy atom. The molecule has 0 spiro atoms. The summed E-state index contributed by atoms with van der Waals surface area (Å²) in [6.45, 7) is 5.30. The van der Waals surface area contributed by atoms with Crippen molar-refractivity contribution in [2.75, 3.05) is 19.8 Å². The molecule has 1 saturated heterocycles. The minimum atomic E-state index is -0.0114. The highest BCUT2D eigenvalue weighted by Crippen LogP contribution is 2.32. The lowest BCUT2D eigenvalue weighted by Gasteiger charge is -2.28. The maximum Gasteiger partial charge on any atom is 0.261 e. The van der Waals surface area contributed by atoms with Crippen molar-refractivity contribution in [1.29, 1.82) is 0 Å². The van der Waals surface area contributed by atoms with E-state index in [1.807, 2.05) is 48.2 Å². The number of furan rings is 1. The minimum Gasteiger partial charge on any atom is -0.490 e. The molecular weight excluding hydrogens is 342 g/mol. The van der Waals surface area contributed by atoms with E-state index in [1.54, 1.807) is 0 Å². The van der Waals surface area contributed by atoms with E-state index >= 15 is 0 Å². The molecule has 0 aliphatic carbocycles. The van der Waals surface area contributed by atoms with E-state index in [2.05, 4.69) is 6.92 Å². The first-order valence-electron chi connectivity index (χ1n) is 9.95. The second-order valence-electron chi connectivity index (χ2n) is 6.78. The maximum absolute atomic E-state index is 13.0. The van der Waals surface area contributed by atoms with Crippen molar-refractivity contribution in [1.82, 2.24) is 4.90 Å². The van der Waals surface area contributed by atoms with Crippen molar-refractivity contribution >= 4 is 5.91 Å². The lowest BCUT2D eigenvalue weighted by atomic mass is 10.1. The van der Waals surface area contributed by atoms with Crippen LogP contribution in [0.3, 0.4) is 0 Å². The first kappa shape index (κ1) is 19.3. The topological polar surface area (TPSA) is 51.9 Å². The second-order valence-corrected chi connectivity index (χ2v) is 6.78. The van der Waals surface area contributed by atoms with Crippen molar-refractivity contribution in [2.24, 2.45) is 0 Å². The van der Waals surface area contributed by atoms with E-state index in [1.165, 1.54) is 0 Å². The van der Waals surface area contributed by atoms with Crippen LogP contribution in [0.4, 0.5) is 0 Å². The molecule has 0 saturated carbocycles. The normalized spacial score (nSPS) is 17.4. The Bertz CT molecular complexity index is 739. The molecule has 0 N–H and O–H groups in total. The Balaban J connectivity index is 1.71. The molecule has 5 nitrogen and oxygen atoms in total. The van der Waals surface area contributed by atoms with Crippen LogP contribution in [0.25, 0.3) is 0 Å². The van der Waals surface area contributed by atoms with Crippen LogP contribution >= 0.6 is 0 Å². The maximum atomic E-state index is 13.0. The number of nitrogens with zero attached hydrogens (tertiary/aromatic N) is 1. The van der Waals surface area contributed by atoms with Crippen LogP contribution < -0.4 is 9.47 Å². The van der Waals surface area contributed by atoms with Gasteiger partial charge in [-0.05, 0) is 44.0 Å². The van der Waals surface area contributed by atoms with Gasteiger partial charge < -0.3 is 18.8 Å². The molecule has 146 valence electrons. The molecule has 1 fully saturated rings. The predicted molar refractivity (Wildman–Crippen MR) is 104 cm³/mol. The number of hydrogen-bond acceptors (Lipinski definition) is 4. The van der Waals surface area contributed by atoms with Gasteiger partial charge in [-0.1, -0.05) is 31.9 Å². The fourth-order valence-corrected chi connectivity index (χ4v) is 3.53. The zero-order valence-electron chi connectivity index (χ0n) is 16.3. The van der Waals surface area contributed by atoms with E-state index in [0.717, 1.165) is 50.2 Å². The Morgan fingerprint density at radius 2 is 1.85 bits per heavy atom. The van der Waals surface area contributed by atoms with Gasteiger partial charge in [0.2, 0.25) is 0 Å². The Hall–Kier alpha value is -2.43. The number of aryl methyl sites for hydroxylation is 1. The van der Waals surface area contributed by atoms with Gasteiger partial charge in [-0.15, -0.1) is 0 Å². The molecule has 1 aromatic carbocycles. The van der Waals surface area contributed by atoms with E-state index < -0.39 is 0 Å². The molecule has 1 amide bonds. The monoisotopic (exact) mass is 371 g/mol. The van der Waals surface area contributed by atoms with E-state index in [0.29, 0.717) is 18.1 Å². The number of ether oxygens (including phenoxy) is 2. The second kappa shape index (κ2) is 9.49. The van der Waals surface area contributed by atoms with Gasteiger partial charge in [0.05, 0.1) is 12.6 Å². The van der Waals surface area contributed by atoms with Crippen molar-refractivity contribution in [2.45, 2.75) is 52.0 Å². The smallest absolute Gasteiger partial charge is 0.261 e. The van der Waals surface area contributed by atoms with E-state index in [9.17, 15) is 4.79 Å². The minimum absolute atomic E-state index is 0.00192. The van der Waals surface area contributed by atoms with Gasteiger partial charge in [0.1, 0.15) is 11.5 Å². The molecule has 27 heavy (non-hydrogen) atoms. The molecule has 3 rings (SSSR count). The molecule has 1 aromatic heterocycles. The number of carbonyl (C=O) groups excluding carboxylic acids is 1. The van der Waals surface area contributed by atoms with Crippen LogP contribution in [0.15, 0.2) is 40.8 Å². The summed E-state index contributed by atoms with van der Waals surface area (Å²) >= 11 is 0. The Kier molecular flexibility index (Phi) is 6.80. The molecule has 2 aromatic rings. The summed E-state index contributed by atoms with van der Waals surface area (Å²) in [6, 6.07) is 11.5. The van der Waals surface area contributed by atoms with Gasteiger partial charge in [-0.3, -0.25) is 4.79 Å². The van der Waals surface area contributed by atoms with Crippen LogP contribution in [0.2, 0.25) is 0 Å². The summed E-state index contributed by atoms with van der Waals surface area (Å²) in [5, 5.41) is 0. The molecule has 5 heteroatoms. The number of likely N-dealkylation sites (tertiary alicyclic amines) is 1. The SMILES string of the molecule is CCOc1ccccc1OCC(=O)N1CCCCCC1c1ccc(CC)o1. The van der Waals surface area contributed by atoms with Crippen LogP contribution in [0, 0.1) is 0 Å². The number of rotatable bonds is 7. The van der Waals surface area contributed by atoms with Gasteiger partial charge in [-0.2, -0.15) is 0 Å². The third-order valence-corrected chi connectivity index (χ3v) is 4.93. The highest BCUT2D eigenvalue weighted by Gasteiger charge is 2.29. The van der Waals surface area contributed by atoms with Crippen molar-refractivity contribution in [3.63, 3.8) is 0 Å². The number of para-hydroxylation sites is 2. The van der Waals surface area contributed by atoms with Crippen LogP contribution in [0.5, 0.6) is 11.5 Å². The molecule has 2 heterocycles. The van der Waals surface area contributed by atoms with Gasteiger partial charge in [0, 0.05) is 13.0 Å². The fourth-order valence-electron chi connectivity index (χ4n) is 3.53. The summed E-state index contributed by atoms with van der Waals surface area (Å²) in [6.07, 6.45) is 5.04. The Morgan fingerprint density at radius 1 is 1.07 bits per heavy atom. The molecule has 0 bridgehead atoms. The van der Waals surface area contributed by atoms with Gasteiger partial charge in [0.25, 0.3) is 5.91 Å². The van der Waals surface area contributed by atoms with E-state index in [-0.39, 0.29) is 18.6 Å². The molecular formula is C22H29NO4. The summed E-state index contributed by atoms with van der Waals surface area (Å²) in [5.41, 5.74) is 0. The first-order chi connectivity index (χ1) is 13.2. The summed E-state index contributed by atoms with van der Waals surface area (Å²) in [4.78, 5) is 14.9. The highest BCUT2D eigenvalue weighted by atomic mass is 16.5. The highest BCUT2D eigenvalue weighted by molar-refractivity contribution is 5.78. The Labute approximate surface area is 161 Å². The number of benzene rings is 1. The number of carbonyl (C=O) groups is 1.